The molecule has 0 spiro atoms. The van der Waals surface area contributed by atoms with Gasteiger partial charge in [-0.1, -0.05) is 36.4 Å². The molecule has 1 atom stereocenters. The molecule has 0 aliphatic carbocycles. The Kier molecular flexibility index (Phi) is 5.56. The molecule has 0 radical (unpaired) electrons. The first kappa shape index (κ1) is 16.6. The number of aromatic nitrogens is 1. The summed E-state index contributed by atoms with van der Waals surface area (Å²) in [6.45, 7) is 2.95. The standard InChI is InChI=1S/C19H23N3O2/c1-21(15-18(23)22-11-13-24-14-12-22)19(16-7-3-2-4-8-16)17-9-5-6-10-20-17/h2-10,19H,11-15H2,1H3. The molecule has 2 heterocycles. The lowest BCUT2D eigenvalue weighted by Gasteiger charge is -2.32. The van der Waals surface area contributed by atoms with E-state index in [0.29, 0.717) is 32.8 Å². The van der Waals surface area contributed by atoms with E-state index < -0.39 is 0 Å². The molecule has 3 rings (SSSR count). The van der Waals surface area contributed by atoms with Gasteiger partial charge >= 0.3 is 0 Å². The first-order valence-corrected chi connectivity index (χ1v) is 8.27. The van der Waals surface area contributed by atoms with Crippen molar-refractivity contribution in [2.75, 3.05) is 39.9 Å². The maximum Gasteiger partial charge on any atom is 0.236 e. The van der Waals surface area contributed by atoms with E-state index in [2.05, 4.69) is 22.0 Å². The van der Waals surface area contributed by atoms with Crippen LogP contribution in [0.1, 0.15) is 17.3 Å². The number of carbonyl (C=O) groups excluding carboxylic acids is 1. The van der Waals surface area contributed by atoms with Crippen LogP contribution in [0.25, 0.3) is 0 Å². The molecule has 1 saturated heterocycles. The molecule has 24 heavy (non-hydrogen) atoms. The van der Waals surface area contributed by atoms with Crippen LogP contribution >= 0.6 is 0 Å². The third-order valence-corrected chi connectivity index (χ3v) is 4.27. The first-order valence-electron chi connectivity index (χ1n) is 8.27. The van der Waals surface area contributed by atoms with Crippen LogP contribution in [0.4, 0.5) is 0 Å². The summed E-state index contributed by atoms with van der Waals surface area (Å²) in [6, 6.07) is 16.0. The van der Waals surface area contributed by atoms with Gasteiger partial charge in [0, 0.05) is 19.3 Å². The van der Waals surface area contributed by atoms with Crippen molar-refractivity contribution in [3.05, 3.63) is 66.0 Å². The Hall–Kier alpha value is -2.24. The molecule has 0 bridgehead atoms. The summed E-state index contributed by atoms with van der Waals surface area (Å²) < 4.78 is 5.32. The Balaban J connectivity index is 1.79. The minimum atomic E-state index is -0.0441. The van der Waals surface area contributed by atoms with Gasteiger partial charge in [0.2, 0.25) is 5.91 Å². The zero-order valence-corrected chi connectivity index (χ0v) is 14.0. The highest BCUT2D eigenvalue weighted by Gasteiger charge is 2.25. The van der Waals surface area contributed by atoms with Gasteiger partial charge in [-0.15, -0.1) is 0 Å². The topological polar surface area (TPSA) is 45.7 Å². The summed E-state index contributed by atoms with van der Waals surface area (Å²) in [4.78, 5) is 21.0. The van der Waals surface area contributed by atoms with Gasteiger partial charge in [-0.2, -0.15) is 0 Å². The number of carbonyl (C=O) groups is 1. The zero-order valence-electron chi connectivity index (χ0n) is 14.0. The van der Waals surface area contributed by atoms with Crippen molar-refractivity contribution in [2.45, 2.75) is 6.04 Å². The minimum Gasteiger partial charge on any atom is -0.378 e. The summed E-state index contributed by atoms with van der Waals surface area (Å²) in [5.74, 6) is 0.137. The van der Waals surface area contributed by atoms with E-state index >= 15 is 0 Å². The van der Waals surface area contributed by atoms with E-state index in [1.165, 1.54) is 0 Å². The average Bonchev–Trinajstić information content (AvgIpc) is 2.64. The number of amides is 1. The van der Waals surface area contributed by atoms with Gasteiger partial charge in [-0.25, -0.2) is 0 Å². The SMILES string of the molecule is CN(CC(=O)N1CCOCC1)C(c1ccccc1)c1ccccn1. The van der Waals surface area contributed by atoms with Gasteiger partial charge in [0.25, 0.3) is 0 Å². The van der Waals surface area contributed by atoms with Crippen molar-refractivity contribution in [3.8, 4) is 0 Å². The number of ether oxygens (including phenoxy) is 1. The van der Waals surface area contributed by atoms with E-state index in [-0.39, 0.29) is 11.9 Å². The van der Waals surface area contributed by atoms with Crippen LogP contribution in [0.2, 0.25) is 0 Å². The van der Waals surface area contributed by atoms with Crippen LogP contribution in [-0.4, -0.2) is 60.6 Å². The van der Waals surface area contributed by atoms with E-state index in [1.807, 2.05) is 48.3 Å². The van der Waals surface area contributed by atoms with E-state index in [4.69, 9.17) is 4.74 Å². The lowest BCUT2D eigenvalue weighted by atomic mass is 10.0. The molecular formula is C19H23N3O2. The van der Waals surface area contributed by atoms with Crippen molar-refractivity contribution in [3.63, 3.8) is 0 Å². The molecule has 0 saturated carbocycles. The number of nitrogens with zero attached hydrogens (tertiary/aromatic N) is 3. The van der Waals surface area contributed by atoms with E-state index in [1.54, 1.807) is 6.20 Å². The molecule has 5 nitrogen and oxygen atoms in total. The fourth-order valence-corrected chi connectivity index (χ4v) is 3.04. The van der Waals surface area contributed by atoms with Gasteiger partial charge < -0.3 is 9.64 Å². The minimum absolute atomic E-state index is 0.0441. The molecule has 2 aromatic rings. The summed E-state index contributed by atoms with van der Waals surface area (Å²) in [6.07, 6.45) is 1.79. The molecule has 1 aliphatic rings. The fourth-order valence-electron chi connectivity index (χ4n) is 3.04. The van der Waals surface area contributed by atoms with Crippen molar-refractivity contribution < 1.29 is 9.53 Å². The Labute approximate surface area is 142 Å². The first-order chi connectivity index (χ1) is 11.8. The third-order valence-electron chi connectivity index (χ3n) is 4.27. The van der Waals surface area contributed by atoms with Crippen LogP contribution < -0.4 is 0 Å². The number of likely N-dealkylation sites (N-methyl/N-ethyl adjacent to an activating group) is 1. The number of hydrogen-bond acceptors (Lipinski definition) is 4. The van der Waals surface area contributed by atoms with Gasteiger partial charge in [-0.3, -0.25) is 14.7 Å². The molecule has 1 unspecified atom stereocenters. The van der Waals surface area contributed by atoms with E-state index in [9.17, 15) is 4.79 Å². The summed E-state index contributed by atoms with van der Waals surface area (Å²) in [5, 5.41) is 0. The van der Waals surface area contributed by atoms with Gasteiger partial charge in [0.05, 0.1) is 31.5 Å². The van der Waals surface area contributed by atoms with E-state index in [0.717, 1.165) is 11.3 Å². The smallest absolute Gasteiger partial charge is 0.236 e. The maximum absolute atomic E-state index is 12.6. The lowest BCUT2D eigenvalue weighted by Crippen LogP contribution is -2.45. The quantitative estimate of drug-likeness (QED) is 0.843. The second kappa shape index (κ2) is 8.04. The molecule has 126 valence electrons. The van der Waals surface area contributed by atoms with Crippen LogP contribution in [0.3, 0.4) is 0 Å². The Morgan fingerprint density at radius 1 is 1.17 bits per heavy atom. The zero-order chi connectivity index (χ0) is 16.8. The van der Waals surface area contributed by atoms with Gasteiger partial charge in [-0.05, 0) is 24.7 Å². The highest BCUT2D eigenvalue weighted by molar-refractivity contribution is 5.78. The van der Waals surface area contributed by atoms with Crippen LogP contribution in [0.15, 0.2) is 54.7 Å². The Bertz CT molecular complexity index is 603. The van der Waals surface area contributed by atoms with Crippen molar-refractivity contribution >= 4 is 5.91 Å². The molecule has 1 aromatic heterocycles. The number of rotatable bonds is 5. The summed E-state index contributed by atoms with van der Waals surface area (Å²) >= 11 is 0. The van der Waals surface area contributed by atoms with Crippen LogP contribution in [-0.2, 0) is 9.53 Å². The van der Waals surface area contributed by atoms with Crippen LogP contribution in [0, 0.1) is 0 Å². The lowest BCUT2D eigenvalue weighted by molar-refractivity contribution is -0.136. The Morgan fingerprint density at radius 2 is 1.88 bits per heavy atom. The molecule has 1 fully saturated rings. The second-order valence-corrected chi connectivity index (χ2v) is 5.98. The summed E-state index contributed by atoms with van der Waals surface area (Å²) in [5.41, 5.74) is 2.08. The van der Waals surface area contributed by atoms with Gasteiger partial charge in [0.15, 0.2) is 0 Å². The summed E-state index contributed by atoms with van der Waals surface area (Å²) in [7, 11) is 1.98. The number of pyridine rings is 1. The highest BCUT2D eigenvalue weighted by atomic mass is 16.5. The largest absolute Gasteiger partial charge is 0.378 e. The molecule has 1 aliphatic heterocycles. The van der Waals surface area contributed by atoms with Gasteiger partial charge in [0.1, 0.15) is 0 Å². The van der Waals surface area contributed by atoms with Crippen LogP contribution in [0.5, 0.6) is 0 Å². The molecule has 1 amide bonds. The third kappa shape index (κ3) is 3.99. The average molecular weight is 325 g/mol. The number of hydrogen-bond donors (Lipinski definition) is 0. The molecular weight excluding hydrogens is 302 g/mol. The molecule has 0 N–H and O–H groups in total. The molecule has 1 aromatic carbocycles. The number of benzene rings is 1. The highest BCUT2D eigenvalue weighted by Crippen LogP contribution is 2.25. The number of morpholine rings is 1. The Morgan fingerprint density at radius 3 is 2.54 bits per heavy atom. The predicted octanol–water partition coefficient (Wildman–Crippen LogP) is 1.96. The monoisotopic (exact) mass is 325 g/mol. The van der Waals surface area contributed by atoms with Crippen molar-refractivity contribution in [1.29, 1.82) is 0 Å². The predicted molar refractivity (Wildman–Crippen MR) is 92.6 cm³/mol. The van der Waals surface area contributed by atoms with Crippen molar-refractivity contribution in [2.24, 2.45) is 0 Å². The normalized spacial score (nSPS) is 16.2. The fraction of sp³-hybridized carbons (Fsp3) is 0.368. The molecule has 5 heteroatoms. The van der Waals surface area contributed by atoms with Crippen molar-refractivity contribution in [1.82, 2.24) is 14.8 Å². The maximum atomic E-state index is 12.6. The second-order valence-electron chi connectivity index (χ2n) is 5.98.